The van der Waals surface area contributed by atoms with Gasteiger partial charge in [0.2, 0.25) is 12.5 Å². The maximum absolute atomic E-state index is 13.5. The van der Waals surface area contributed by atoms with Gasteiger partial charge in [0.25, 0.3) is 0 Å². The van der Waals surface area contributed by atoms with Crippen LogP contribution in [0.15, 0.2) is 24.3 Å². The largest absolute Gasteiger partial charge is 1.00 e. The van der Waals surface area contributed by atoms with Crippen LogP contribution in [0.5, 0.6) is 28.7 Å². The molecule has 7 rings (SSSR count). The van der Waals surface area contributed by atoms with Gasteiger partial charge in [-0.05, 0) is 47.9 Å². The van der Waals surface area contributed by atoms with Crippen LogP contribution in [0.1, 0.15) is 35.6 Å². The molecule has 48 heavy (non-hydrogen) atoms. The summed E-state index contributed by atoms with van der Waals surface area (Å²) < 4.78 is 67.5. The van der Waals surface area contributed by atoms with Gasteiger partial charge in [-0.15, -0.1) is 0 Å². The summed E-state index contributed by atoms with van der Waals surface area (Å²) in [5.74, 6) is -2.66. The third-order valence-electron chi connectivity index (χ3n) is 8.93. The van der Waals surface area contributed by atoms with Crippen LogP contribution in [0.4, 0.5) is 0 Å². The Morgan fingerprint density at radius 1 is 0.896 bits per heavy atom. The van der Waals surface area contributed by atoms with E-state index in [4.69, 9.17) is 42.6 Å². The molecule has 0 bridgehead atoms. The van der Waals surface area contributed by atoms with Crippen LogP contribution < -0.4 is 92.4 Å². The van der Waals surface area contributed by atoms with Crippen LogP contribution in [0.3, 0.4) is 0 Å². The van der Waals surface area contributed by atoms with Crippen LogP contribution >= 0.6 is 7.82 Å². The van der Waals surface area contributed by atoms with Crippen molar-refractivity contribution in [2.24, 2.45) is 11.8 Å². The summed E-state index contributed by atoms with van der Waals surface area (Å²) in [6.45, 7) is 1.68. The van der Waals surface area contributed by atoms with Crippen molar-refractivity contribution in [2.75, 3.05) is 34.2 Å². The number of benzene rings is 2. The first-order chi connectivity index (χ1) is 22.0. The van der Waals surface area contributed by atoms with Gasteiger partial charge in [0.05, 0.1) is 39.5 Å². The number of phosphoric acid groups is 1. The van der Waals surface area contributed by atoms with Crippen LogP contribution in [0.25, 0.3) is 0 Å². The smallest absolute Gasteiger partial charge is 0.780 e. The molecule has 0 amide bonds. The maximum atomic E-state index is 13.5. The third kappa shape index (κ3) is 6.88. The van der Waals surface area contributed by atoms with Gasteiger partial charge in [-0.2, -0.15) is 0 Å². The molecule has 3 saturated heterocycles. The van der Waals surface area contributed by atoms with E-state index in [0.717, 1.165) is 0 Å². The van der Waals surface area contributed by atoms with Crippen LogP contribution in [0, 0.1) is 11.8 Å². The zero-order chi connectivity index (χ0) is 32.5. The van der Waals surface area contributed by atoms with Crippen molar-refractivity contribution in [1.82, 2.24) is 0 Å². The molecule has 2 N–H and O–H groups in total. The van der Waals surface area contributed by atoms with Crippen LogP contribution in [-0.4, -0.2) is 87.4 Å². The average molecular weight is 713 g/mol. The number of carbonyl (C=O) groups excluding carboxylic acids is 1. The number of rotatable bonds is 7. The Balaban J connectivity index is 0.00000225. The number of phosphoric ester groups is 1. The summed E-state index contributed by atoms with van der Waals surface area (Å²) in [6, 6.07) is 6.32. The van der Waals surface area contributed by atoms with E-state index in [1.165, 1.54) is 26.4 Å². The number of hydrogen-bond donors (Lipinski definition) is 2. The Hall–Kier alpha value is -1.18. The average Bonchev–Trinajstić information content (AvgIpc) is 3.64. The molecule has 5 aliphatic rings. The molecule has 0 aromatic heterocycles. The van der Waals surface area contributed by atoms with Gasteiger partial charge in [0.1, 0.15) is 32.2 Å². The van der Waals surface area contributed by atoms with Crippen molar-refractivity contribution in [3.63, 3.8) is 0 Å². The van der Waals surface area contributed by atoms with Gasteiger partial charge in [-0.1, -0.05) is 0 Å². The predicted octanol–water partition coefficient (Wildman–Crippen LogP) is -6.15. The summed E-state index contributed by atoms with van der Waals surface area (Å²) >= 11 is 0. The number of fused-ring (bicyclic) bond motifs is 4. The second-order valence-corrected chi connectivity index (χ2v) is 12.6. The van der Waals surface area contributed by atoms with Gasteiger partial charge >= 0.3 is 65.1 Å². The van der Waals surface area contributed by atoms with Gasteiger partial charge in [-0.25, -0.2) is 0 Å². The first-order valence-electron chi connectivity index (χ1n) is 14.5. The number of carbonyl (C=O) groups is 1. The monoisotopic (exact) mass is 712 g/mol. The minimum absolute atomic E-state index is 0. The van der Waals surface area contributed by atoms with E-state index in [-0.39, 0.29) is 90.6 Å². The van der Waals surface area contributed by atoms with E-state index in [0.29, 0.717) is 28.2 Å². The number of cyclic esters (lactones) is 1. The molecule has 16 nitrogen and oxygen atoms in total. The summed E-state index contributed by atoms with van der Waals surface area (Å²) in [7, 11) is -2.99. The molecule has 0 spiro atoms. The van der Waals surface area contributed by atoms with Crippen molar-refractivity contribution >= 4 is 13.8 Å². The molecular formula is C29H31Na2O16P. The number of methoxy groups -OCH3 is 2. The van der Waals surface area contributed by atoms with Crippen LogP contribution in [0.2, 0.25) is 0 Å². The number of esters is 1. The summed E-state index contributed by atoms with van der Waals surface area (Å²) in [6.07, 6.45) is -7.25. The first-order valence-corrected chi connectivity index (χ1v) is 15.9. The second-order valence-electron chi connectivity index (χ2n) is 11.5. The Kier molecular flexibility index (Phi) is 11.7. The van der Waals surface area contributed by atoms with Crippen molar-refractivity contribution < 1.29 is 136 Å². The van der Waals surface area contributed by atoms with E-state index >= 15 is 0 Å². The minimum Gasteiger partial charge on any atom is -0.780 e. The number of ether oxygens (including phenoxy) is 9. The molecule has 2 aromatic carbocycles. The first kappa shape index (κ1) is 38.1. The molecule has 10 atom stereocenters. The molecule has 19 heteroatoms. The third-order valence-corrected chi connectivity index (χ3v) is 9.34. The Morgan fingerprint density at radius 2 is 1.54 bits per heavy atom. The van der Waals surface area contributed by atoms with Gasteiger partial charge in [0.15, 0.2) is 35.6 Å². The molecule has 4 aliphatic heterocycles. The second kappa shape index (κ2) is 14.8. The number of hydrogen-bond acceptors (Lipinski definition) is 16. The Morgan fingerprint density at radius 3 is 2.17 bits per heavy atom. The molecule has 5 unspecified atom stereocenters. The van der Waals surface area contributed by atoms with Crippen molar-refractivity contribution in [2.45, 2.75) is 55.9 Å². The van der Waals surface area contributed by atoms with E-state index < -0.39 is 80.4 Å². The summed E-state index contributed by atoms with van der Waals surface area (Å²) in [5, 5.41) is 22.0. The zero-order valence-corrected chi connectivity index (χ0v) is 31.7. The minimum atomic E-state index is -5.50. The molecule has 0 radical (unpaired) electrons. The van der Waals surface area contributed by atoms with E-state index in [1.54, 1.807) is 19.1 Å². The van der Waals surface area contributed by atoms with E-state index in [9.17, 15) is 29.4 Å². The molecule has 250 valence electrons. The van der Waals surface area contributed by atoms with E-state index in [2.05, 4.69) is 4.52 Å². The molecule has 2 aromatic rings. The number of aliphatic hydroxyl groups is 2. The SMILES string of the molecule is COc1cc([C@@H]2c3cc4c(cc3[C@@H](OC3OC5CO[C@@H](C)OC5C(O)C3O)[C@H]3COC(=O)[C@H]23)OCO4)cc(OC)c1OP(=O)([O-])[O-].[Na+].[Na+]. The fraction of sp³-hybridized carbons (Fsp3) is 0.552. The van der Waals surface area contributed by atoms with Crippen molar-refractivity contribution in [3.05, 3.63) is 41.0 Å². The number of aliphatic hydroxyl groups excluding tert-OH is 2. The van der Waals surface area contributed by atoms with Crippen molar-refractivity contribution in [1.29, 1.82) is 0 Å². The molecule has 4 heterocycles. The van der Waals surface area contributed by atoms with Crippen molar-refractivity contribution in [3.8, 4) is 28.7 Å². The van der Waals surface area contributed by atoms with Gasteiger partial charge in [0, 0.05) is 11.8 Å². The molecule has 0 saturated carbocycles. The topological polar surface area (TPSA) is 213 Å². The van der Waals surface area contributed by atoms with Gasteiger partial charge in [-0.3, -0.25) is 4.79 Å². The maximum Gasteiger partial charge on any atom is 1.00 e. The normalized spacial score (nSPS) is 33.2. The summed E-state index contributed by atoms with van der Waals surface area (Å²) in [5.41, 5.74) is 1.57. The molecule has 1 aliphatic carbocycles. The summed E-state index contributed by atoms with van der Waals surface area (Å²) in [4.78, 5) is 36.5. The molecular weight excluding hydrogens is 681 g/mol. The van der Waals surface area contributed by atoms with E-state index in [1.807, 2.05) is 0 Å². The fourth-order valence-electron chi connectivity index (χ4n) is 6.92. The van der Waals surface area contributed by atoms with Crippen LogP contribution in [-0.2, 0) is 33.0 Å². The standard InChI is InChI=1S/C29H33O16P.2Na/c1-11-38-9-20-27(42-11)23(30)24(31)29(43-20)44-25-14-7-17-16(40-10-41-17)6-13(14)21(22-15(25)8-39-28(22)32)12-4-18(36-2)26(19(5-12)37-3)45-46(33,34)35;;/h4-7,11,15,20-25,27,29-31H,8-10H2,1-3H3,(H2,33,34,35);;/q;2*+1/p-2/t11-,15+,20?,21-,22+,23?,24?,25-,27?,29?;;/m1../s1. The predicted molar refractivity (Wildman–Crippen MR) is 145 cm³/mol. The van der Waals surface area contributed by atoms with Gasteiger partial charge < -0.3 is 71.7 Å². The Labute approximate surface area is 319 Å². The molecule has 3 fully saturated rings. The fourth-order valence-corrected chi connectivity index (χ4v) is 7.33. The zero-order valence-electron chi connectivity index (χ0n) is 26.8. The quantitative estimate of drug-likeness (QED) is 0.155. The Bertz CT molecular complexity index is 1540.